The topological polar surface area (TPSA) is 57.4 Å². The van der Waals surface area contributed by atoms with Crippen LogP contribution in [0, 0.1) is 0 Å². The molecule has 16 heavy (non-hydrogen) atoms. The Morgan fingerprint density at radius 2 is 2.56 bits per heavy atom. The molecule has 2 rings (SSSR count). The van der Waals surface area contributed by atoms with Gasteiger partial charge in [0.15, 0.2) is 11.4 Å². The molecule has 1 unspecified atom stereocenters. The van der Waals surface area contributed by atoms with Crippen LogP contribution in [0.5, 0.6) is 0 Å². The van der Waals surface area contributed by atoms with E-state index in [-0.39, 0.29) is 6.29 Å². The van der Waals surface area contributed by atoms with E-state index in [9.17, 15) is 0 Å². The Morgan fingerprint density at radius 3 is 3.25 bits per heavy atom. The summed E-state index contributed by atoms with van der Waals surface area (Å²) in [4.78, 5) is 4.00. The predicted octanol–water partition coefficient (Wildman–Crippen LogP) is 2.36. The minimum Gasteiger partial charge on any atom is -0.375 e. The lowest BCUT2D eigenvalue weighted by molar-refractivity contribution is -0.158. The Hall–Kier alpha value is -0.300. The van der Waals surface area contributed by atoms with Gasteiger partial charge in [0, 0.05) is 12.4 Å². The highest BCUT2D eigenvalue weighted by molar-refractivity contribution is 8.01. The quantitative estimate of drug-likeness (QED) is 0.650. The average molecular weight is 260 g/mol. The van der Waals surface area contributed by atoms with Gasteiger partial charge in [-0.2, -0.15) is 0 Å². The van der Waals surface area contributed by atoms with E-state index in [2.05, 4.69) is 4.98 Å². The first kappa shape index (κ1) is 12.2. The van der Waals surface area contributed by atoms with Crippen LogP contribution in [0.15, 0.2) is 10.4 Å². The highest BCUT2D eigenvalue weighted by atomic mass is 32.2. The van der Waals surface area contributed by atoms with Gasteiger partial charge in [0.05, 0.1) is 17.0 Å². The van der Waals surface area contributed by atoms with Crippen molar-refractivity contribution in [3.63, 3.8) is 0 Å². The fraction of sp³-hybridized carbons (Fsp3) is 0.700. The second-order valence-electron chi connectivity index (χ2n) is 3.53. The van der Waals surface area contributed by atoms with Crippen molar-refractivity contribution in [3.05, 3.63) is 6.20 Å². The third kappa shape index (κ3) is 3.93. The lowest BCUT2D eigenvalue weighted by Crippen LogP contribution is -2.23. The van der Waals surface area contributed by atoms with Gasteiger partial charge in [0.1, 0.15) is 0 Å². The standard InChI is InChI=1S/C10H16N2O2S2/c11-10-12-7-9(16-10)15-6-5-14-8-3-1-2-4-13-8/h7-8H,1-6H2,(H2,11,12). The molecule has 2 heterocycles. The predicted molar refractivity (Wildman–Crippen MR) is 66.8 cm³/mol. The van der Waals surface area contributed by atoms with E-state index in [1.165, 1.54) is 17.8 Å². The van der Waals surface area contributed by atoms with Crippen molar-refractivity contribution in [2.24, 2.45) is 0 Å². The number of nitrogens with zero attached hydrogens (tertiary/aromatic N) is 1. The molecule has 0 spiro atoms. The first-order valence-electron chi connectivity index (χ1n) is 5.42. The second-order valence-corrected chi connectivity index (χ2v) is 5.99. The number of nitrogen functional groups attached to an aromatic ring is 1. The lowest BCUT2D eigenvalue weighted by Gasteiger charge is -2.22. The molecule has 0 radical (unpaired) electrons. The number of thioether (sulfide) groups is 1. The minimum absolute atomic E-state index is 0.0147. The number of hydrogen-bond acceptors (Lipinski definition) is 6. The largest absolute Gasteiger partial charge is 0.375 e. The van der Waals surface area contributed by atoms with Crippen LogP contribution in [0.1, 0.15) is 19.3 Å². The summed E-state index contributed by atoms with van der Waals surface area (Å²) in [5.74, 6) is 0.918. The molecule has 1 atom stereocenters. The Morgan fingerprint density at radius 1 is 1.62 bits per heavy atom. The SMILES string of the molecule is Nc1ncc(SCCOC2CCCCO2)s1. The maximum absolute atomic E-state index is 5.62. The van der Waals surface area contributed by atoms with Crippen molar-refractivity contribution >= 4 is 28.2 Å². The number of aromatic nitrogens is 1. The molecule has 0 saturated carbocycles. The van der Waals surface area contributed by atoms with Gasteiger partial charge in [-0.05, 0) is 19.3 Å². The lowest BCUT2D eigenvalue weighted by atomic mass is 10.2. The minimum atomic E-state index is 0.0147. The smallest absolute Gasteiger partial charge is 0.181 e. The van der Waals surface area contributed by atoms with Crippen molar-refractivity contribution in [1.29, 1.82) is 0 Å². The summed E-state index contributed by atoms with van der Waals surface area (Å²) in [7, 11) is 0. The van der Waals surface area contributed by atoms with E-state index in [1.807, 2.05) is 6.20 Å². The van der Waals surface area contributed by atoms with Crippen LogP contribution in [-0.2, 0) is 9.47 Å². The molecule has 1 aliphatic heterocycles. The van der Waals surface area contributed by atoms with Gasteiger partial charge in [0.25, 0.3) is 0 Å². The zero-order chi connectivity index (χ0) is 11.2. The Balaban J connectivity index is 1.57. The summed E-state index contributed by atoms with van der Waals surface area (Å²) in [6.07, 6.45) is 5.22. The number of anilines is 1. The molecule has 2 N–H and O–H groups in total. The van der Waals surface area contributed by atoms with Crippen molar-refractivity contribution in [2.45, 2.75) is 29.8 Å². The summed E-state index contributed by atoms with van der Waals surface area (Å²) < 4.78 is 12.2. The van der Waals surface area contributed by atoms with Crippen molar-refractivity contribution in [2.75, 3.05) is 24.7 Å². The molecule has 90 valence electrons. The number of rotatable bonds is 5. The highest BCUT2D eigenvalue weighted by Crippen LogP contribution is 2.26. The number of hydrogen-bond donors (Lipinski definition) is 1. The van der Waals surface area contributed by atoms with E-state index in [1.54, 1.807) is 11.8 Å². The molecule has 1 aromatic rings. The molecule has 0 bridgehead atoms. The third-order valence-corrected chi connectivity index (χ3v) is 4.26. The van der Waals surface area contributed by atoms with Crippen LogP contribution in [-0.4, -0.2) is 30.2 Å². The van der Waals surface area contributed by atoms with Crippen molar-refractivity contribution < 1.29 is 9.47 Å². The number of thiazole rings is 1. The molecule has 4 nitrogen and oxygen atoms in total. The molecule has 1 aliphatic rings. The fourth-order valence-electron chi connectivity index (χ4n) is 1.50. The molecule has 1 saturated heterocycles. The van der Waals surface area contributed by atoms with Gasteiger partial charge in [0.2, 0.25) is 0 Å². The summed E-state index contributed by atoms with van der Waals surface area (Å²) in [6.45, 7) is 1.55. The van der Waals surface area contributed by atoms with Gasteiger partial charge in [-0.15, -0.1) is 11.8 Å². The first-order valence-corrected chi connectivity index (χ1v) is 7.22. The molecule has 0 amide bonds. The van der Waals surface area contributed by atoms with E-state index in [0.29, 0.717) is 11.7 Å². The van der Waals surface area contributed by atoms with E-state index in [0.717, 1.165) is 29.4 Å². The maximum Gasteiger partial charge on any atom is 0.181 e. The highest BCUT2D eigenvalue weighted by Gasteiger charge is 2.13. The average Bonchev–Trinajstić information content (AvgIpc) is 2.72. The molecular formula is C10H16N2O2S2. The van der Waals surface area contributed by atoms with Crippen molar-refractivity contribution in [3.8, 4) is 0 Å². The van der Waals surface area contributed by atoms with Crippen LogP contribution in [0.2, 0.25) is 0 Å². The molecule has 1 fully saturated rings. The molecule has 0 aliphatic carbocycles. The monoisotopic (exact) mass is 260 g/mol. The van der Waals surface area contributed by atoms with Crippen LogP contribution in [0.25, 0.3) is 0 Å². The summed E-state index contributed by atoms with van der Waals surface area (Å²) in [5, 5.41) is 0.624. The Kier molecular flexibility index (Phi) is 4.90. The van der Waals surface area contributed by atoms with Crippen LogP contribution >= 0.6 is 23.1 Å². The zero-order valence-corrected chi connectivity index (χ0v) is 10.7. The molecule has 1 aromatic heterocycles. The van der Waals surface area contributed by atoms with E-state index < -0.39 is 0 Å². The van der Waals surface area contributed by atoms with Crippen LogP contribution < -0.4 is 5.73 Å². The van der Waals surface area contributed by atoms with E-state index >= 15 is 0 Å². The van der Waals surface area contributed by atoms with Gasteiger partial charge in [-0.25, -0.2) is 4.98 Å². The van der Waals surface area contributed by atoms with Crippen LogP contribution in [0.3, 0.4) is 0 Å². The van der Waals surface area contributed by atoms with Crippen LogP contribution in [0.4, 0.5) is 5.13 Å². The summed E-state index contributed by atoms with van der Waals surface area (Å²) in [6, 6.07) is 0. The maximum atomic E-state index is 5.62. The fourth-order valence-corrected chi connectivity index (χ4v) is 3.17. The normalized spacial score (nSPS) is 21.1. The summed E-state index contributed by atoms with van der Waals surface area (Å²) >= 11 is 3.24. The molecule has 0 aromatic carbocycles. The number of nitrogens with two attached hydrogens (primary N) is 1. The van der Waals surface area contributed by atoms with E-state index in [4.69, 9.17) is 15.2 Å². The van der Waals surface area contributed by atoms with Gasteiger partial charge in [-0.1, -0.05) is 11.3 Å². The van der Waals surface area contributed by atoms with Gasteiger partial charge < -0.3 is 15.2 Å². The molecular weight excluding hydrogens is 244 g/mol. The van der Waals surface area contributed by atoms with Gasteiger partial charge >= 0.3 is 0 Å². The van der Waals surface area contributed by atoms with Crippen molar-refractivity contribution in [1.82, 2.24) is 4.98 Å². The zero-order valence-electron chi connectivity index (χ0n) is 9.05. The third-order valence-electron chi connectivity index (χ3n) is 2.27. The Bertz CT molecular complexity index is 314. The molecule has 6 heteroatoms. The first-order chi connectivity index (χ1) is 7.84. The summed E-state index contributed by atoms with van der Waals surface area (Å²) in [5.41, 5.74) is 5.54. The number of ether oxygens (including phenoxy) is 2. The second kappa shape index (κ2) is 6.44. The Labute approximate surface area is 104 Å². The van der Waals surface area contributed by atoms with Gasteiger partial charge in [-0.3, -0.25) is 0 Å².